The third-order valence-corrected chi connectivity index (χ3v) is 2.12. The van der Waals surface area contributed by atoms with Crippen LogP contribution in [0.2, 0.25) is 0 Å². The number of hydrogen-bond acceptors (Lipinski definition) is 5. The minimum atomic E-state index is -1.59. The number of methoxy groups -OCH3 is 1. The number of aliphatic carboxylic acids is 1. The number of nitrogens with zero attached hydrogens (tertiary/aromatic N) is 2. The predicted molar refractivity (Wildman–Crippen MR) is 55.6 cm³/mol. The molecule has 1 rings (SSSR count). The topological polar surface area (TPSA) is 113 Å². The summed E-state index contributed by atoms with van der Waals surface area (Å²) in [7, 11) is 1.34. The van der Waals surface area contributed by atoms with E-state index in [0.717, 1.165) is 6.07 Å². The zero-order valence-corrected chi connectivity index (χ0v) is 8.78. The summed E-state index contributed by atoms with van der Waals surface area (Å²) in [5, 5.41) is 28.3. The van der Waals surface area contributed by atoms with E-state index in [1.54, 1.807) is 0 Å². The lowest BCUT2D eigenvalue weighted by atomic mass is 9.98. The lowest BCUT2D eigenvalue weighted by Gasteiger charge is -2.07. The van der Waals surface area contributed by atoms with Gasteiger partial charge in [0.2, 0.25) is 0 Å². The van der Waals surface area contributed by atoms with Crippen LogP contribution < -0.4 is 4.74 Å². The van der Waals surface area contributed by atoms with Crippen molar-refractivity contribution in [3.05, 3.63) is 33.9 Å². The number of nitriles is 1. The molecule has 17 heavy (non-hydrogen) atoms. The third-order valence-electron chi connectivity index (χ3n) is 2.12. The van der Waals surface area contributed by atoms with Crippen molar-refractivity contribution in [1.29, 1.82) is 5.26 Å². The summed E-state index contributed by atoms with van der Waals surface area (Å²) in [6, 6.07) is 5.13. The molecular weight excluding hydrogens is 228 g/mol. The van der Waals surface area contributed by atoms with Gasteiger partial charge in [-0.25, -0.2) is 0 Å². The van der Waals surface area contributed by atoms with Crippen molar-refractivity contribution in [2.45, 2.75) is 5.92 Å². The van der Waals surface area contributed by atoms with E-state index in [9.17, 15) is 14.9 Å². The highest BCUT2D eigenvalue weighted by atomic mass is 16.6. The second-order valence-corrected chi connectivity index (χ2v) is 3.08. The van der Waals surface area contributed by atoms with E-state index in [1.165, 1.54) is 25.3 Å². The summed E-state index contributed by atoms with van der Waals surface area (Å²) < 4.78 is 4.84. The van der Waals surface area contributed by atoms with Gasteiger partial charge in [0.1, 0.15) is 5.75 Å². The first kappa shape index (κ1) is 12.4. The van der Waals surface area contributed by atoms with Crippen molar-refractivity contribution >= 4 is 11.7 Å². The number of carbonyl (C=O) groups is 1. The number of hydrogen-bond donors (Lipinski definition) is 1. The number of ether oxygens (including phenoxy) is 1. The van der Waals surface area contributed by atoms with Gasteiger partial charge < -0.3 is 9.84 Å². The van der Waals surface area contributed by atoms with Crippen LogP contribution in [0.3, 0.4) is 0 Å². The average molecular weight is 236 g/mol. The molecule has 0 aromatic heterocycles. The molecular formula is C10H8N2O5. The van der Waals surface area contributed by atoms with E-state index < -0.39 is 22.5 Å². The molecule has 0 radical (unpaired) electrons. The van der Waals surface area contributed by atoms with Gasteiger partial charge in [-0.15, -0.1) is 0 Å². The number of nitro groups is 1. The Kier molecular flexibility index (Phi) is 3.62. The maximum absolute atomic E-state index is 10.8. The van der Waals surface area contributed by atoms with Gasteiger partial charge in [0.25, 0.3) is 5.69 Å². The molecule has 0 aliphatic heterocycles. The largest absolute Gasteiger partial charge is 0.497 e. The summed E-state index contributed by atoms with van der Waals surface area (Å²) >= 11 is 0. The molecule has 1 N–H and O–H groups in total. The zero-order chi connectivity index (χ0) is 13.0. The van der Waals surface area contributed by atoms with Crippen LogP contribution in [-0.4, -0.2) is 23.1 Å². The van der Waals surface area contributed by atoms with Crippen LogP contribution in [-0.2, 0) is 4.79 Å². The summed E-state index contributed by atoms with van der Waals surface area (Å²) in [5.41, 5.74) is -0.607. The molecule has 0 aliphatic carbocycles. The highest BCUT2D eigenvalue weighted by molar-refractivity contribution is 5.81. The number of nitro benzene ring substituents is 1. The standard InChI is InChI=1S/C10H8N2O5/c1-17-6-2-3-9(12(15)16)7(4-6)8(5-11)10(13)14/h2-4,8H,1H3,(H,13,14). The molecule has 0 saturated carbocycles. The van der Waals surface area contributed by atoms with Crippen LogP contribution in [0, 0.1) is 21.4 Å². The number of carboxylic acid groups (broad SMARTS) is 1. The molecule has 1 unspecified atom stereocenters. The second kappa shape index (κ2) is 4.94. The molecule has 7 nitrogen and oxygen atoms in total. The third kappa shape index (κ3) is 2.49. The Morgan fingerprint density at radius 2 is 2.29 bits per heavy atom. The molecule has 88 valence electrons. The van der Waals surface area contributed by atoms with Crippen LogP contribution in [0.1, 0.15) is 11.5 Å². The predicted octanol–water partition coefficient (Wildman–Crippen LogP) is 1.30. The fourth-order valence-electron chi connectivity index (χ4n) is 1.31. The Labute approximate surface area is 96.0 Å². The van der Waals surface area contributed by atoms with Gasteiger partial charge in [0, 0.05) is 6.07 Å². The smallest absolute Gasteiger partial charge is 0.325 e. The molecule has 0 heterocycles. The van der Waals surface area contributed by atoms with Gasteiger partial charge in [-0.3, -0.25) is 14.9 Å². The maximum Gasteiger partial charge on any atom is 0.325 e. The average Bonchev–Trinajstić information content (AvgIpc) is 2.29. The van der Waals surface area contributed by atoms with Crippen LogP contribution in [0.15, 0.2) is 18.2 Å². The van der Waals surface area contributed by atoms with Gasteiger partial charge in [-0.1, -0.05) is 0 Å². The molecule has 0 aliphatic rings. The molecule has 1 atom stereocenters. The van der Waals surface area contributed by atoms with E-state index in [-0.39, 0.29) is 11.3 Å². The van der Waals surface area contributed by atoms with Gasteiger partial charge >= 0.3 is 5.97 Å². The molecule has 0 fully saturated rings. The summed E-state index contributed by atoms with van der Waals surface area (Å²) in [5.74, 6) is -2.78. The van der Waals surface area contributed by atoms with Crippen molar-refractivity contribution < 1.29 is 19.6 Å². The van der Waals surface area contributed by atoms with Gasteiger partial charge in [0.15, 0.2) is 5.92 Å². The van der Waals surface area contributed by atoms with Gasteiger partial charge in [-0.2, -0.15) is 5.26 Å². The minimum absolute atomic E-state index is 0.190. The van der Waals surface area contributed by atoms with Crippen LogP contribution in [0.5, 0.6) is 5.75 Å². The van der Waals surface area contributed by atoms with E-state index in [0.29, 0.717) is 0 Å². The SMILES string of the molecule is COc1ccc([N+](=O)[O-])c(C(C#N)C(=O)O)c1. The lowest BCUT2D eigenvalue weighted by Crippen LogP contribution is -2.11. The molecule has 1 aromatic rings. The molecule has 0 spiro atoms. The van der Waals surface area contributed by atoms with Crippen molar-refractivity contribution in [3.63, 3.8) is 0 Å². The fraction of sp³-hybridized carbons (Fsp3) is 0.200. The maximum atomic E-state index is 10.8. The molecule has 0 amide bonds. The number of rotatable bonds is 4. The minimum Gasteiger partial charge on any atom is -0.497 e. The quantitative estimate of drug-likeness (QED) is 0.622. The Morgan fingerprint density at radius 1 is 1.65 bits per heavy atom. The highest BCUT2D eigenvalue weighted by Crippen LogP contribution is 2.30. The Hall–Kier alpha value is -2.62. The van der Waals surface area contributed by atoms with Gasteiger partial charge in [0.05, 0.1) is 23.7 Å². The Balaban J connectivity index is 3.41. The Morgan fingerprint density at radius 3 is 2.71 bits per heavy atom. The van der Waals surface area contributed by atoms with Crippen LogP contribution in [0.25, 0.3) is 0 Å². The summed E-state index contributed by atoms with van der Waals surface area (Å²) in [4.78, 5) is 20.8. The Bertz CT molecular complexity index is 506. The van der Waals surface area contributed by atoms with Crippen molar-refractivity contribution in [1.82, 2.24) is 0 Å². The molecule has 1 aromatic carbocycles. The van der Waals surface area contributed by atoms with E-state index in [4.69, 9.17) is 15.1 Å². The van der Waals surface area contributed by atoms with Crippen molar-refractivity contribution in [2.75, 3.05) is 7.11 Å². The van der Waals surface area contributed by atoms with Crippen LogP contribution >= 0.6 is 0 Å². The summed E-state index contributed by atoms with van der Waals surface area (Å²) in [6.45, 7) is 0. The summed E-state index contributed by atoms with van der Waals surface area (Å²) in [6.07, 6.45) is 0. The zero-order valence-electron chi connectivity index (χ0n) is 8.78. The van der Waals surface area contributed by atoms with E-state index in [1.807, 2.05) is 0 Å². The van der Waals surface area contributed by atoms with Crippen molar-refractivity contribution in [3.8, 4) is 11.8 Å². The van der Waals surface area contributed by atoms with Crippen molar-refractivity contribution in [2.24, 2.45) is 0 Å². The lowest BCUT2D eigenvalue weighted by molar-refractivity contribution is -0.385. The fourth-order valence-corrected chi connectivity index (χ4v) is 1.31. The highest BCUT2D eigenvalue weighted by Gasteiger charge is 2.28. The molecule has 0 saturated heterocycles. The van der Waals surface area contributed by atoms with Crippen LogP contribution in [0.4, 0.5) is 5.69 Å². The monoisotopic (exact) mass is 236 g/mol. The first-order chi connectivity index (χ1) is 8.01. The second-order valence-electron chi connectivity index (χ2n) is 3.08. The normalized spacial score (nSPS) is 11.3. The van der Waals surface area contributed by atoms with Gasteiger partial charge in [-0.05, 0) is 12.1 Å². The number of carboxylic acids is 1. The first-order valence-electron chi connectivity index (χ1n) is 4.46. The van der Waals surface area contributed by atoms with E-state index >= 15 is 0 Å². The van der Waals surface area contributed by atoms with E-state index in [2.05, 4.69) is 0 Å². The molecule has 7 heteroatoms. The number of benzene rings is 1. The molecule has 0 bridgehead atoms. The first-order valence-corrected chi connectivity index (χ1v) is 4.46.